The summed E-state index contributed by atoms with van der Waals surface area (Å²) in [6, 6.07) is 11.6. The Labute approximate surface area is 167 Å². The number of fused-ring (bicyclic) bond motifs is 1. The van der Waals surface area contributed by atoms with Crippen LogP contribution in [-0.4, -0.2) is 28.3 Å². The number of para-hydroxylation sites is 1. The second-order valence-corrected chi connectivity index (χ2v) is 6.69. The Morgan fingerprint density at radius 1 is 1.24 bits per heavy atom. The van der Waals surface area contributed by atoms with E-state index in [1.54, 1.807) is 6.92 Å². The first-order chi connectivity index (χ1) is 14.0. The monoisotopic (exact) mass is 397 g/mol. The molecular formula is C21H23N3O5. The van der Waals surface area contributed by atoms with Crippen molar-refractivity contribution in [2.45, 2.75) is 39.3 Å². The van der Waals surface area contributed by atoms with E-state index < -0.39 is 18.5 Å². The van der Waals surface area contributed by atoms with E-state index in [0.29, 0.717) is 12.3 Å². The largest absolute Gasteiger partial charge is 0.459 e. The Kier molecular flexibility index (Phi) is 6.43. The predicted octanol–water partition coefficient (Wildman–Crippen LogP) is 2.82. The molecule has 0 aliphatic carbocycles. The van der Waals surface area contributed by atoms with Crippen LogP contribution in [0.15, 0.2) is 51.7 Å². The molecule has 29 heavy (non-hydrogen) atoms. The maximum Gasteiger partial charge on any atom is 0.359 e. The van der Waals surface area contributed by atoms with Crippen molar-refractivity contribution in [1.82, 2.24) is 15.1 Å². The molecule has 0 fully saturated rings. The number of nitrogens with one attached hydrogen (secondary N) is 1. The second kappa shape index (κ2) is 9.18. The number of ether oxygens (including phenoxy) is 1. The third-order valence-electron chi connectivity index (χ3n) is 4.38. The summed E-state index contributed by atoms with van der Waals surface area (Å²) in [4.78, 5) is 36.1. The van der Waals surface area contributed by atoms with Crippen LogP contribution in [0.1, 0.15) is 49.0 Å². The Hall–Kier alpha value is -3.42. The zero-order valence-corrected chi connectivity index (χ0v) is 16.4. The van der Waals surface area contributed by atoms with Gasteiger partial charge in [-0.3, -0.25) is 9.59 Å². The van der Waals surface area contributed by atoms with Gasteiger partial charge in [0.1, 0.15) is 11.3 Å². The molecule has 0 bridgehead atoms. The Morgan fingerprint density at radius 2 is 2.03 bits per heavy atom. The number of benzene rings is 1. The number of nitrogens with zero attached hydrogens (tertiary/aromatic N) is 2. The molecule has 1 atom stereocenters. The van der Waals surface area contributed by atoms with Gasteiger partial charge in [-0.15, -0.1) is 0 Å². The van der Waals surface area contributed by atoms with Gasteiger partial charge in [0.2, 0.25) is 0 Å². The van der Waals surface area contributed by atoms with Gasteiger partial charge in [-0.05, 0) is 31.5 Å². The van der Waals surface area contributed by atoms with Crippen LogP contribution >= 0.6 is 0 Å². The molecule has 2 aromatic heterocycles. The van der Waals surface area contributed by atoms with Gasteiger partial charge < -0.3 is 14.5 Å². The minimum atomic E-state index is -0.762. The average molecular weight is 397 g/mol. The summed E-state index contributed by atoms with van der Waals surface area (Å²) in [6.07, 6.45) is 1.67. The predicted molar refractivity (Wildman–Crippen MR) is 106 cm³/mol. The quantitative estimate of drug-likeness (QED) is 0.586. The lowest BCUT2D eigenvalue weighted by molar-refractivity contribution is -0.125. The summed E-state index contributed by atoms with van der Waals surface area (Å²) in [5.74, 6) is -0.622. The Morgan fingerprint density at radius 3 is 2.79 bits per heavy atom. The number of hydrogen-bond acceptors (Lipinski definition) is 6. The Bertz CT molecular complexity index is 1040. The fraction of sp³-hybridized carbons (Fsp3) is 0.333. The molecule has 0 aliphatic heterocycles. The van der Waals surface area contributed by atoms with Crippen LogP contribution in [0.3, 0.4) is 0 Å². The zero-order chi connectivity index (χ0) is 20.8. The van der Waals surface area contributed by atoms with Gasteiger partial charge in [0.15, 0.2) is 12.3 Å². The summed E-state index contributed by atoms with van der Waals surface area (Å²) in [6.45, 7) is 3.74. The first-order valence-corrected chi connectivity index (χ1v) is 9.51. The van der Waals surface area contributed by atoms with Gasteiger partial charge in [0.05, 0.1) is 6.04 Å². The molecule has 3 rings (SSSR count). The molecule has 0 radical (unpaired) electrons. The summed E-state index contributed by atoms with van der Waals surface area (Å²) in [5, 5.41) is 7.67. The zero-order valence-electron chi connectivity index (χ0n) is 16.4. The molecule has 1 amide bonds. The number of furan rings is 1. The van der Waals surface area contributed by atoms with Crippen LogP contribution in [0.5, 0.6) is 0 Å². The number of unbranched alkanes of at least 4 members (excludes halogenated alkanes) is 1. The van der Waals surface area contributed by atoms with Gasteiger partial charge in [-0.25, -0.2) is 9.48 Å². The van der Waals surface area contributed by atoms with Crippen LogP contribution in [0.25, 0.3) is 11.0 Å². The molecule has 8 nitrogen and oxygen atoms in total. The van der Waals surface area contributed by atoms with Crippen LogP contribution < -0.4 is 10.9 Å². The van der Waals surface area contributed by atoms with Crippen LogP contribution in [0.2, 0.25) is 0 Å². The molecule has 1 unspecified atom stereocenters. The van der Waals surface area contributed by atoms with Crippen molar-refractivity contribution < 1.29 is 18.7 Å². The molecular weight excluding hydrogens is 374 g/mol. The van der Waals surface area contributed by atoms with Gasteiger partial charge in [0, 0.05) is 18.0 Å². The fourth-order valence-corrected chi connectivity index (χ4v) is 2.80. The first-order valence-electron chi connectivity index (χ1n) is 9.51. The van der Waals surface area contributed by atoms with Crippen molar-refractivity contribution in [3.05, 3.63) is 64.3 Å². The minimum absolute atomic E-state index is 0.0150. The third-order valence-corrected chi connectivity index (χ3v) is 4.38. The standard InChI is InChI=1S/C21H23N3O5/c1-3-4-11-24-20(26)10-9-16(23-24)21(27)28-13-19(25)22-14(2)18-12-15-7-5-6-8-17(15)29-18/h5-10,12,14H,3-4,11,13H2,1-2H3,(H,22,25). The van der Waals surface area contributed by atoms with Crippen molar-refractivity contribution >= 4 is 22.8 Å². The van der Waals surface area contributed by atoms with Gasteiger partial charge in [-0.1, -0.05) is 31.5 Å². The molecule has 0 saturated heterocycles. The number of rotatable bonds is 8. The third kappa shape index (κ3) is 5.10. The smallest absolute Gasteiger partial charge is 0.359 e. The van der Waals surface area contributed by atoms with Crippen molar-refractivity contribution in [3.8, 4) is 0 Å². The van der Waals surface area contributed by atoms with E-state index in [2.05, 4.69) is 10.4 Å². The molecule has 1 aromatic carbocycles. The molecule has 0 spiro atoms. The summed E-state index contributed by atoms with van der Waals surface area (Å²) < 4.78 is 12.0. The molecule has 3 aromatic rings. The maximum atomic E-state index is 12.2. The molecule has 152 valence electrons. The summed E-state index contributed by atoms with van der Waals surface area (Å²) >= 11 is 0. The van der Waals surface area contributed by atoms with Gasteiger partial charge in [-0.2, -0.15) is 5.10 Å². The number of carbonyl (C=O) groups is 2. The number of carbonyl (C=O) groups excluding carboxylic acids is 2. The number of aromatic nitrogens is 2. The topological polar surface area (TPSA) is 103 Å². The fourth-order valence-electron chi connectivity index (χ4n) is 2.80. The highest BCUT2D eigenvalue weighted by Crippen LogP contribution is 2.23. The van der Waals surface area contributed by atoms with Crippen LogP contribution in [0.4, 0.5) is 0 Å². The lowest BCUT2D eigenvalue weighted by Crippen LogP contribution is -2.31. The van der Waals surface area contributed by atoms with Gasteiger partial charge in [0.25, 0.3) is 11.5 Å². The molecule has 1 N–H and O–H groups in total. The SMILES string of the molecule is CCCCn1nc(C(=O)OCC(=O)NC(C)c2cc3ccccc3o2)ccc1=O. The van der Waals surface area contributed by atoms with E-state index in [1.807, 2.05) is 37.3 Å². The highest BCUT2D eigenvalue weighted by Gasteiger charge is 2.17. The van der Waals surface area contributed by atoms with E-state index in [-0.39, 0.29) is 17.3 Å². The van der Waals surface area contributed by atoms with Gasteiger partial charge >= 0.3 is 5.97 Å². The highest BCUT2D eigenvalue weighted by atomic mass is 16.5. The molecule has 0 aliphatic rings. The average Bonchev–Trinajstić information content (AvgIpc) is 3.16. The van der Waals surface area contributed by atoms with E-state index in [4.69, 9.17) is 9.15 Å². The number of hydrogen-bond donors (Lipinski definition) is 1. The number of amides is 1. The molecule has 2 heterocycles. The summed E-state index contributed by atoms with van der Waals surface area (Å²) in [7, 11) is 0. The lowest BCUT2D eigenvalue weighted by atomic mass is 10.2. The lowest BCUT2D eigenvalue weighted by Gasteiger charge is -2.11. The van der Waals surface area contributed by atoms with E-state index >= 15 is 0 Å². The van der Waals surface area contributed by atoms with Crippen molar-refractivity contribution in [1.29, 1.82) is 0 Å². The van der Waals surface area contributed by atoms with E-state index in [9.17, 15) is 14.4 Å². The Balaban J connectivity index is 1.55. The van der Waals surface area contributed by atoms with E-state index in [1.165, 1.54) is 16.8 Å². The van der Waals surface area contributed by atoms with Crippen molar-refractivity contribution in [2.75, 3.05) is 6.61 Å². The number of esters is 1. The van der Waals surface area contributed by atoms with Crippen molar-refractivity contribution in [3.63, 3.8) is 0 Å². The maximum absolute atomic E-state index is 12.2. The molecule has 0 saturated carbocycles. The minimum Gasteiger partial charge on any atom is -0.459 e. The molecule has 8 heteroatoms. The van der Waals surface area contributed by atoms with Crippen LogP contribution in [0, 0.1) is 0 Å². The second-order valence-electron chi connectivity index (χ2n) is 6.69. The van der Waals surface area contributed by atoms with Crippen LogP contribution in [-0.2, 0) is 16.1 Å². The normalized spacial score (nSPS) is 11.9. The highest BCUT2D eigenvalue weighted by molar-refractivity contribution is 5.89. The van der Waals surface area contributed by atoms with Crippen molar-refractivity contribution in [2.24, 2.45) is 0 Å². The first kappa shape index (κ1) is 20.3. The summed E-state index contributed by atoms with van der Waals surface area (Å²) in [5.41, 5.74) is 0.436. The van der Waals surface area contributed by atoms with E-state index in [0.717, 1.165) is 23.8 Å². The number of aryl methyl sites for hydroxylation is 1.